The molecule has 0 amide bonds. The highest BCUT2D eigenvalue weighted by molar-refractivity contribution is 5.34. The van der Waals surface area contributed by atoms with E-state index in [0.717, 1.165) is 5.57 Å². The Morgan fingerprint density at radius 2 is 1.69 bits per heavy atom. The third kappa shape index (κ3) is 12.7. The van der Waals surface area contributed by atoms with E-state index >= 15 is 0 Å². The van der Waals surface area contributed by atoms with E-state index in [2.05, 4.69) is 32.6 Å². The van der Waals surface area contributed by atoms with Gasteiger partial charge in [0.15, 0.2) is 0 Å². The van der Waals surface area contributed by atoms with E-state index in [1.807, 2.05) is 57.2 Å². The first kappa shape index (κ1) is 17.1. The fourth-order valence-electron chi connectivity index (χ4n) is 0.852. The topological polar surface area (TPSA) is 0 Å². The summed E-state index contributed by atoms with van der Waals surface area (Å²) in [5.74, 6) is 0.603. The standard InChI is InChI=1S/C14H20.C2H6/c1-5-7-11-14(6-2)12-9-8-10-13(3)4;1-2/h5-13H,2H2,1,3-4H3;1-2H3/b7-5-,10-8+,12-9-,14-11-;. The van der Waals surface area contributed by atoms with Crippen LogP contribution in [0.3, 0.4) is 0 Å². The minimum absolute atomic E-state index is 0.603. The molecule has 0 unspecified atom stereocenters. The molecule has 16 heavy (non-hydrogen) atoms. The Morgan fingerprint density at radius 1 is 1.06 bits per heavy atom. The van der Waals surface area contributed by atoms with Crippen molar-refractivity contribution in [3.63, 3.8) is 0 Å². The summed E-state index contributed by atoms with van der Waals surface area (Å²) in [7, 11) is 0. The average Bonchev–Trinajstić information content (AvgIpc) is 2.30. The minimum Gasteiger partial charge on any atom is -0.0985 e. The summed E-state index contributed by atoms with van der Waals surface area (Å²) in [6.45, 7) is 14.1. The molecule has 0 aromatic carbocycles. The lowest BCUT2D eigenvalue weighted by Crippen LogP contribution is -1.75. The molecule has 0 aliphatic carbocycles. The smallest absolute Gasteiger partial charge is 0.0263 e. The molecule has 0 saturated carbocycles. The highest BCUT2D eigenvalue weighted by Crippen LogP contribution is 2.00. The van der Waals surface area contributed by atoms with Crippen LogP contribution < -0.4 is 0 Å². The van der Waals surface area contributed by atoms with Gasteiger partial charge < -0.3 is 0 Å². The van der Waals surface area contributed by atoms with Crippen LogP contribution in [0.2, 0.25) is 0 Å². The fourth-order valence-corrected chi connectivity index (χ4v) is 0.852. The van der Waals surface area contributed by atoms with Crippen molar-refractivity contribution in [2.45, 2.75) is 34.6 Å². The molecule has 0 aliphatic rings. The molecule has 0 bridgehead atoms. The second-order valence-corrected chi connectivity index (χ2v) is 3.38. The lowest BCUT2D eigenvalue weighted by atomic mass is 10.2. The lowest BCUT2D eigenvalue weighted by Gasteiger charge is -1.91. The van der Waals surface area contributed by atoms with E-state index in [-0.39, 0.29) is 0 Å². The zero-order valence-corrected chi connectivity index (χ0v) is 11.4. The van der Waals surface area contributed by atoms with Crippen molar-refractivity contribution >= 4 is 0 Å². The van der Waals surface area contributed by atoms with E-state index in [4.69, 9.17) is 0 Å². The van der Waals surface area contributed by atoms with Gasteiger partial charge in [-0.2, -0.15) is 0 Å². The van der Waals surface area contributed by atoms with E-state index in [1.54, 1.807) is 0 Å². The van der Waals surface area contributed by atoms with Crippen molar-refractivity contribution in [3.8, 4) is 0 Å². The maximum atomic E-state index is 3.75. The molecule has 0 aliphatic heterocycles. The van der Waals surface area contributed by atoms with Gasteiger partial charge in [0.1, 0.15) is 0 Å². The second-order valence-electron chi connectivity index (χ2n) is 3.38. The quantitative estimate of drug-likeness (QED) is 0.537. The third-order valence-corrected chi connectivity index (χ3v) is 1.61. The predicted octanol–water partition coefficient (Wildman–Crippen LogP) is 5.47. The maximum Gasteiger partial charge on any atom is -0.0263 e. The van der Waals surface area contributed by atoms with Crippen molar-refractivity contribution in [1.29, 1.82) is 0 Å². The number of hydrogen-bond acceptors (Lipinski definition) is 0. The summed E-state index contributed by atoms with van der Waals surface area (Å²) in [5.41, 5.74) is 1.12. The van der Waals surface area contributed by atoms with Crippen LogP contribution in [0.15, 0.2) is 60.8 Å². The summed E-state index contributed by atoms with van der Waals surface area (Å²) in [6, 6.07) is 0. The van der Waals surface area contributed by atoms with E-state index < -0.39 is 0 Å². The van der Waals surface area contributed by atoms with E-state index in [0.29, 0.717) is 5.92 Å². The second kappa shape index (κ2) is 13.7. The van der Waals surface area contributed by atoms with Crippen molar-refractivity contribution in [3.05, 3.63) is 60.8 Å². The van der Waals surface area contributed by atoms with Gasteiger partial charge in [-0.15, -0.1) is 0 Å². The zero-order valence-electron chi connectivity index (χ0n) is 11.4. The Labute approximate surface area is 102 Å². The van der Waals surface area contributed by atoms with Gasteiger partial charge >= 0.3 is 0 Å². The Morgan fingerprint density at radius 3 is 2.12 bits per heavy atom. The molecule has 0 aromatic heterocycles. The third-order valence-electron chi connectivity index (χ3n) is 1.61. The SMILES string of the molecule is C=CC(/C=C\C=C\C(C)C)=C/C=C\C.CC. The Bertz CT molecular complexity index is 260. The van der Waals surface area contributed by atoms with Crippen LogP contribution in [0.25, 0.3) is 0 Å². The highest BCUT2D eigenvalue weighted by atomic mass is 13.9. The van der Waals surface area contributed by atoms with Gasteiger partial charge in [0.25, 0.3) is 0 Å². The Kier molecular flexibility index (Phi) is 14.6. The van der Waals surface area contributed by atoms with Crippen LogP contribution in [0.4, 0.5) is 0 Å². The molecule has 0 heteroatoms. The van der Waals surface area contributed by atoms with Crippen molar-refractivity contribution in [2.24, 2.45) is 5.92 Å². The summed E-state index contributed by atoms with van der Waals surface area (Å²) in [4.78, 5) is 0. The molecule has 0 fully saturated rings. The molecule has 0 heterocycles. The molecule has 90 valence electrons. The van der Waals surface area contributed by atoms with Gasteiger partial charge in [-0.25, -0.2) is 0 Å². The Balaban J connectivity index is 0. The van der Waals surface area contributed by atoms with Crippen LogP contribution in [0, 0.1) is 5.92 Å². The summed E-state index contributed by atoms with van der Waals surface area (Å²) < 4.78 is 0. The van der Waals surface area contributed by atoms with Crippen LogP contribution in [0.5, 0.6) is 0 Å². The van der Waals surface area contributed by atoms with Crippen molar-refractivity contribution < 1.29 is 0 Å². The van der Waals surface area contributed by atoms with Crippen LogP contribution >= 0.6 is 0 Å². The van der Waals surface area contributed by atoms with Crippen molar-refractivity contribution in [1.82, 2.24) is 0 Å². The van der Waals surface area contributed by atoms with Gasteiger partial charge in [-0.05, 0) is 18.4 Å². The van der Waals surface area contributed by atoms with Crippen LogP contribution in [-0.2, 0) is 0 Å². The van der Waals surface area contributed by atoms with Crippen LogP contribution in [0.1, 0.15) is 34.6 Å². The van der Waals surface area contributed by atoms with Gasteiger partial charge in [-0.3, -0.25) is 0 Å². The zero-order chi connectivity index (χ0) is 12.8. The molecule has 0 aromatic rings. The predicted molar refractivity (Wildman–Crippen MR) is 77.6 cm³/mol. The molecule has 0 N–H and O–H groups in total. The Hall–Kier alpha value is -1.30. The van der Waals surface area contributed by atoms with E-state index in [1.165, 1.54) is 0 Å². The fraction of sp³-hybridized carbons (Fsp3) is 0.375. The largest absolute Gasteiger partial charge is 0.0985 e. The molecule has 0 saturated heterocycles. The molecular formula is C16H26. The molecule has 0 radical (unpaired) electrons. The first-order valence-corrected chi connectivity index (χ1v) is 6.01. The molecule has 0 spiro atoms. The molecule has 0 rings (SSSR count). The average molecular weight is 218 g/mol. The first-order chi connectivity index (χ1) is 7.70. The van der Waals surface area contributed by atoms with Gasteiger partial charge in [-0.1, -0.05) is 82.9 Å². The highest BCUT2D eigenvalue weighted by Gasteiger charge is 1.81. The van der Waals surface area contributed by atoms with Gasteiger partial charge in [0.2, 0.25) is 0 Å². The summed E-state index contributed by atoms with van der Waals surface area (Å²) in [6.07, 6.45) is 16.2. The van der Waals surface area contributed by atoms with Crippen molar-refractivity contribution in [2.75, 3.05) is 0 Å². The lowest BCUT2D eigenvalue weighted by molar-refractivity contribution is 0.832. The number of rotatable bonds is 5. The molecule has 0 nitrogen and oxygen atoms in total. The molecular weight excluding hydrogens is 192 g/mol. The monoisotopic (exact) mass is 218 g/mol. The van der Waals surface area contributed by atoms with Gasteiger partial charge in [0.05, 0.1) is 0 Å². The number of allylic oxidation sites excluding steroid dienone is 9. The summed E-state index contributed by atoms with van der Waals surface area (Å²) in [5, 5.41) is 0. The van der Waals surface area contributed by atoms with Gasteiger partial charge in [0, 0.05) is 0 Å². The molecule has 0 atom stereocenters. The van der Waals surface area contributed by atoms with Crippen LogP contribution in [-0.4, -0.2) is 0 Å². The minimum atomic E-state index is 0.603. The normalized spacial score (nSPS) is 12.5. The maximum absolute atomic E-state index is 3.75. The summed E-state index contributed by atoms with van der Waals surface area (Å²) >= 11 is 0. The first-order valence-electron chi connectivity index (χ1n) is 6.01. The van der Waals surface area contributed by atoms with E-state index in [9.17, 15) is 0 Å². The number of hydrogen-bond donors (Lipinski definition) is 0.